The summed E-state index contributed by atoms with van der Waals surface area (Å²) in [4.78, 5) is 0. The van der Waals surface area contributed by atoms with Crippen LogP contribution in [0, 0.1) is 28.1 Å². The van der Waals surface area contributed by atoms with Crippen molar-refractivity contribution in [3.63, 3.8) is 0 Å². The topological polar surface area (TPSA) is 47.6 Å². The van der Waals surface area contributed by atoms with Crippen LogP contribution in [0.25, 0.3) is 0 Å². The van der Waals surface area contributed by atoms with Gasteiger partial charge in [0, 0.05) is 0 Å². The van der Waals surface area contributed by atoms with Crippen molar-refractivity contribution in [1.29, 1.82) is 10.5 Å². The fourth-order valence-corrected chi connectivity index (χ4v) is 2.42. The Kier molecular flexibility index (Phi) is 3.01. The minimum atomic E-state index is -2.30. The molecule has 1 aromatic carbocycles. The molecule has 0 saturated heterocycles. The molecule has 0 spiro atoms. The van der Waals surface area contributed by atoms with Crippen LogP contribution in [0.4, 0.5) is 4.39 Å². The van der Waals surface area contributed by atoms with Crippen molar-refractivity contribution < 1.29 is 4.39 Å². The van der Waals surface area contributed by atoms with Gasteiger partial charge in [0.15, 0.2) is 0 Å². The summed E-state index contributed by atoms with van der Waals surface area (Å²) in [6.07, 6.45) is 0. The summed E-state index contributed by atoms with van der Waals surface area (Å²) in [5, 5.41) is 17.1. The van der Waals surface area contributed by atoms with Gasteiger partial charge in [-0.2, -0.15) is 0 Å². The molecule has 12 heavy (non-hydrogen) atoms. The Bertz CT molecular complexity index is 333. The first-order valence-electron chi connectivity index (χ1n) is 3.02. The Morgan fingerprint density at radius 2 is 1.58 bits per heavy atom. The van der Waals surface area contributed by atoms with Gasteiger partial charge < -0.3 is 0 Å². The molecule has 0 unspecified atom stereocenters. The summed E-state index contributed by atoms with van der Waals surface area (Å²) in [7, 11) is 0. The van der Waals surface area contributed by atoms with Crippen LogP contribution in [0.5, 0.6) is 0 Å². The van der Waals surface area contributed by atoms with Gasteiger partial charge in [-0.1, -0.05) is 0 Å². The first-order valence-corrected chi connectivity index (χ1v) is 6.26. The molecule has 0 aliphatic carbocycles. The van der Waals surface area contributed by atoms with Gasteiger partial charge in [0.05, 0.1) is 0 Å². The normalized spacial score (nSPS) is 9.75. The maximum atomic E-state index is 12.4. The first-order chi connectivity index (χ1) is 5.77. The molecule has 0 bridgehead atoms. The van der Waals surface area contributed by atoms with E-state index in [4.69, 9.17) is 10.5 Å². The van der Waals surface area contributed by atoms with Crippen LogP contribution in [-0.2, 0) is 0 Å². The van der Waals surface area contributed by atoms with E-state index in [1.807, 2.05) is 8.15 Å². The molecule has 0 amide bonds. The van der Waals surface area contributed by atoms with Gasteiger partial charge in [-0.15, -0.1) is 0 Å². The van der Waals surface area contributed by atoms with Gasteiger partial charge in [-0.3, -0.25) is 0 Å². The zero-order chi connectivity index (χ0) is 8.97. The standard InChI is InChI=1S/C8H4FIN2/c9-7-1-3-8(4-2-7)10(5-11)6-12/h1-4H. The van der Waals surface area contributed by atoms with E-state index in [1.54, 1.807) is 0 Å². The molecule has 0 saturated carbocycles. The van der Waals surface area contributed by atoms with E-state index in [1.165, 1.54) is 24.3 Å². The molecule has 2 nitrogen and oxygen atoms in total. The molecule has 4 heteroatoms. The van der Waals surface area contributed by atoms with Crippen molar-refractivity contribution in [1.82, 2.24) is 0 Å². The Hall–Kier alpha value is -1.14. The molecule has 0 radical (unpaired) electrons. The van der Waals surface area contributed by atoms with Crippen LogP contribution in [0.15, 0.2) is 24.3 Å². The Labute approximate surface area is 76.6 Å². The molecule has 0 fully saturated rings. The van der Waals surface area contributed by atoms with E-state index in [0.717, 1.165) is 0 Å². The van der Waals surface area contributed by atoms with Crippen LogP contribution < -0.4 is 0 Å². The first kappa shape index (κ1) is 8.95. The summed E-state index contributed by atoms with van der Waals surface area (Å²) >= 11 is -2.30. The van der Waals surface area contributed by atoms with E-state index in [2.05, 4.69) is 0 Å². The van der Waals surface area contributed by atoms with Crippen LogP contribution in [0.1, 0.15) is 0 Å². The Balaban J connectivity index is 2.99. The van der Waals surface area contributed by atoms with Crippen molar-refractivity contribution in [2.75, 3.05) is 0 Å². The predicted octanol–water partition coefficient (Wildman–Crippen LogP) is 2.46. The van der Waals surface area contributed by atoms with Gasteiger partial charge in [0.2, 0.25) is 0 Å². The van der Waals surface area contributed by atoms with Crippen LogP contribution in [0.3, 0.4) is 0 Å². The molecular weight excluding hydrogens is 270 g/mol. The number of benzene rings is 1. The summed E-state index contributed by atoms with van der Waals surface area (Å²) in [6.45, 7) is 0. The van der Waals surface area contributed by atoms with Crippen LogP contribution >= 0.6 is 19.8 Å². The second-order valence-electron chi connectivity index (χ2n) is 1.89. The number of hydrogen-bond acceptors (Lipinski definition) is 2. The molecule has 0 atom stereocenters. The van der Waals surface area contributed by atoms with E-state index in [0.29, 0.717) is 3.57 Å². The second kappa shape index (κ2) is 4.03. The third-order valence-electron chi connectivity index (χ3n) is 1.19. The van der Waals surface area contributed by atoms with Crippen molar-refractivity contribution >= 4 is 19.8 Å². The molecule has 1 aromatic rings. The van der Waals surface area contributed by atoms with Gasteiger partial charge in [0.25, 0.3) is 0 Å². The van der Waals surface area contributed by atoms with Gasteiger partial charge in [-0.05, 0) is 0 Å². The minimum absolute atomic E-state index is 0.342. The number of hydrogen-bond donors (Lipinski definition) is 0. The fourth-order valence-electron chi connectivity index (χ4n) is 0.672. The SMILES string of the molecule is N#CI(C#N)c1ccc(F)cc1. The Morgan fingerprint density at radius 1 is 1.08 bits per heavy atom. The van der Waals surface area contributed by atoms with Crippen LogP contribution in [0.2, 0.25) is 0 Å². The van der Waals surface area contributed by atoms with Gasteiger partial charge in [0.1, 0.15) is 0 Å². The number of nitriles is 2. The molecule has 1 rings (SSSR count). The van der Waals surface area contributed by atoms with E-state index >= 15 is 0 Å². The summed E-state index contributed by atoms with van der Waals surface area (Å²) in [5.74, 6) is -0.342. The van der Waals surface area contributed by atoms with Gasteiger partial charge >= 0.3 is 76.5 Å². The molecule has 0 aliphatic heterocycles. The van der Waals surface area contributed by atoms with E-state index in [9.17, 15) is 4.39 Å². The Morgan fingerprint density at radius 3 is 2.00 bits per heavy atom. The average Bonchev–Trinajstić information content (AvgIpc) is 2.10. The predicted molar refractivity (Wildman–Crippen MR) is 50.3 cm³/mol. The number of halogens is 2. The molecule has 0 N–H and O–H groups in total. The summed E-state index contributed by atoms with van der Waals surface area (Å²) in [5.41, 5.74) is 0. The molecule has 60 valence electrons. The average molecular weight is 274 g/mol. The molecular formula is C8H4FIN2. The molecule has 0 aliphatic rings. The van der Waals surface area contributed by atoms with E-state index in [-0.39, 0.29) is 5.82 Å². The number of nitrogens with zero attached hydrogens (tertiary/aromatic N) is 2. The molecule has 0 aromatic heterocycles. The monoisotopic (exact) mass is 274 g/mol. The molecule has 0 heterocycles. The fraction of sp³-hybridized carbons (Fsp3) is 0. The van der Waals surface area contributed by atoms with E-state index < -0.39 is 19.8 Å². The van der Waals surface area contributed by atoms with Crippen molar-refractivity contribution in [3.8, 4) is 8.15 Å². The second-order valence-corrected chi connectivity index (χ2v) is 5.72. The summed E-state index contributed by atoms with van der Waals surface area (Å²) < 4.78 is 17.0. The van der Waals surface area contributed by atoms with Crippen molar-refractivity contribution in [2.24, 2.45) is 0 Å². The quantitative estimate of drug-likeness (QED) is 0.738. The van der Waals surface area contributed by atoms with Crippen molar-refractivity contribution in [2.45, 2.75) is 0 Å². The van der Waals surface area contributed by atoms with Crippen LogP contribution in [-0.4, -0.2) is 0 Å². The summed E-state index contributed by atoms with van der Waals surface area (Å²) in [6, 6.07) is 5.56. The van der Waals surface area contributed by atoms with Gasteiger partial charge in [-0.25, -0.2) is 0 Å². The number of rotatable bonds is 1. The zero-order valence-corrected chi connectivity index (χ0v) is 8.12. The zero-order valence-electron chi connectivity index (χ0n) is 5.96. The van der Waals surface area contributed by atoms with Crippen molar-refractivity contribution in [3.05, 3.63) is 33.7 Å². The maximum absolute atomic E-state index is 12.4. The third-order valence-corrected chi connectivity index (χ3v) is 4.12. The third kappa shape index (κ3) is 1.93.